The molecule has 2 saturated heterocycles. The summed E-state index contributed by atoms with van der Waals surface area (Å²) in [6.07, 6.45) is 2.56. The van der Waals surface area contributed by atoms with E-state index in [0.29, 0.717) is 54.5 Å². The minimum Gasteiger partial charge on any atom is -0.481 e. The third-order valence-electron chi connectivity index (χ3n) is 6.19. The number of nitrogens with zero attached hydrogens (tertiary/aromatic N) is 2. The minimum atomic E-state index is -3.26. The SMILES string of the molecule is CCS(=O)(=O)N1CCC[C@H](C(=O)Nc2ccc(Cl)c(Cl)c2)C1.CCS(=O)(=O)N1CCC[C@H](C(=O)O)C1. The van der Waals surface area contributed by atoms with Crippen molar-refractivity contribution in [3.63, 3.8) is 0 Å². The van der Waals surface area contributed by atoms with Crippen molar-refractivity contribution in [3.8, 4) is 0 Å². The quantitative estimate of drug-likeness (QED) is 0.500. The summed E-state index contributed by atoms with van der Waals surface area (Å²) >= 11 is 11.7. The Morgan fingerprint density at radius 2 is 1.42 bits per heavy atom. The van der Waals surface area contributed by atoms with E-state index in [-0.39, 0.29) is 36.4 Å². The van der Waals surface area contributed by atoms with Crippen LogP contribution in [-0.4, -0.2) is 80.1 Å². The number of carbonyl (C=O) groups excluding carboxylic acids is 1. The number of carboxylic acid groups (broad SMARTS) is 1. The van der Waals surface area contributed by atoms with Gasteiger partial charge >= 0.3 is 5.97 Å². The van der Waals surface area contributed by atoms with Crippen molar-refractivity contribution >= 4 is 60.8 Å². The van der Waals surface area contributed by atoms with E-state index in [0.717, 1.165) is 0 Å². The first kappa shape index (κ1) is 30.8. The second-order valence-electron chi connectivity index (χ2n) is 8.65. The lowest BCUT2D eigenvalue weighted by Gasteiger charge is -2.30. The van der Waals surface area contributed by atoms with Crippen LogP contribution >= 0.6 is 23.2 Å². The molecule has 0 unspecified atom stereocenters. The Labute approximate surface area is 223 Å². The van der Waals surface area contributed by atoms with E-state index in [1.807, 2.05) is 0 Å². The molecule has 2 aliphatic heterocycles. The molecule has 2 heterocycles. The van der Waals surface area contributed by atoms with Crippen LogP contribution in [0.15, 0.2) is 18.2 Å². The molecule has 36 heavy (non-hydrogen) atoms. The number of rotatable bonds is 7. The first-order valence-electron chi connectivity index (χ1n) is 11.7. The van der Waals surface area contributed by atoms with Gasteiger partial charge in [0.15, 0.2) is 0 Å². The van der Waals surface area contributed by atoms with E-state index in [9.17, 15) is 26.4 Å². The molecule has 1 aromatic rings. The molecule has 2 atom stereocenters. The van der Waals surface area contributed by atoms with Gasteiger partial charge in [-0.25, -0.2) is 25.4 Å². The van der Waals surface area contributed by atoms with E-state index >= 15 is 0 Å². The Bertz CT molecular complexity index is 1150. The van der Waals surface area contributed by atoms with Crippen molar-refractivity contribution in [3.05, 3.63) is 28.2 Å². The Hall–Kier alpha value is -1.44. The molecule has 14 heteroatoms. The highest BCUT2D eigenvalue weighted by Gasteiger charge is 2.32. The van der Waals surface area contributed by atoms with Crippen LogP contribution in [-0.2, 0) is 29.6 Å². The molecule has 1 aromatic carbocycles. The number of nitrogens with one attached hydrogen (secondary N) is 1. The normalized spacial score (nSPS) is 21.8. The number of amides is 1. The molecular weight excluding hydrogens is 553 g/mol. The van der Waals surface area contributed by atoms with E-state index in [2.05, 4.69) is 5.32 Å². The zero-order chi connectivity index (χ0) is 27.1. The number of sulfonamides is 2. The summed E-state index contributed by atoms with van der Waals surface area (Å²) in [5.74, 6) is -1.90. The molecule has 2 fully saturated rings. The van der Waals surface area contributed by atoms with Crippen molar-refractivity contribution in [1.29, 1.82) is 0 Å². The van der Waals surface area contributed by atoms with Crippen molar-refractivity contribution in [2.45, 2.75) is 39.5 Å². The Kier molecular flexibility index (Phi) is 11.4. The first-order valence-corrected chi connectivity index (χ1v) is 15.7. The zero-order valence-corrected chi connectivity index (χ0v) is 23.5. The number of aliphatic carboxylic acids is 1. The van der Waals surface area contributed by atoms with Gasteiger partial charge in [0.05, 0.1) is 33.4 Å². The third-order valence-corrected chi connectivity index (χ3v) is 10.6. The van der Waals surface area contributed by atoms with Gasteiger partial charge in [-0.1, -0.05) is 23.2 Å². The Morgan fingerprint density at radius 1 is 0.917 bits per heavy atom. The van der Waals surface area contributed by atoms with Crippen LogP contribution in [0.5, 0.6) is 0 Å². The minimum absolute atomic E-state index is 0.0410. The number of carboxylic acids is 1. The molecule has 0 saturated carbocycles. The van der Waals surface area contributed by atoms with Gasteiger partial charge in [0, 0.05) is 31.9 Å². The molecule has 204 valence electrons. The maximum Gasteiger partial charge on any atom is 0.307 e. The summed E-state index contributed by atoms with van der Waals surface area (Å²) in [4.78, 5) is 23.0. The Balaban J connectivity index is 0.000000281. The van der Waals surface area contributed by atoms with Gasteiger partial charge in [0.2, 0.25) is 26.0 Å². The number of anilines is 1. The number of halogens is 2. The molecule has 0 aliphatic carbocycles. The van der Waals surface area contributed by atoms with Gasteiger partial charge < -0.3 is 10.4 Å². The highest BCUT2D eigenvalue weighted by molar-refractivity contribution is 7.89. The maximum atomic E-state index is 12.3. The molecule has 1 amide bonds. The highest BCUT2D eigenvalue weighted by atomic mass is 35.5. The summed E-state index contributed by atoms with van der Waals surface area (Å²) in [5.41, 5.74) is 0.551. The molecule has 0 bridgehead atoms. The summed E-state index contributed by atoms with van der Waals surface area (Å²) in [6, 6.07) is 4.84. The summed E-state index contributed by atoms with van der Waals surface area (Å²) in [7, 11) is -6.48. The number of hydrogen-bond acceptors (Lipinski definition) is 6. The third kappa shape index (κ3) is 8.56. The number of benzene rings is 1. The van der Waals surface area contributed by atoms with Crippen molar-refractivity contribution in [2.24, 2.45) is 11.8 Å². The van der Waals surface area contributed by atoms with Gasteiger partial charge in [-0.2, -0.15) is 0 Å². The van der Waals surface area contributed by atoms with E-state index in [4.69, 9.17) is 28.3 Å². The predicted molar refractivity (Wildman–Crippen MR) is 140 cm³/mol. The van der Waals surface area contributed by atoms with Crippen LogP contribution in [0.3, 0.4) is 0 Å². The van der Waals surface area contributed by atoms with Gasteiger partial charge in [0.25, 0.3) is 0 Å². The van der Waals surface area contributed by atoms with Crippen molar-refractivity contribution in [2.75, 3.05) is 43.0 Å². The average molecular weight is 587 g/mol. The van der Waals surface area contributed by atoms with Crippen LogP contribution < -0.4 is 5.32 Å². The zero-order valence-electron chi connectivity index (χ0n) is 20.3. The fourth-order valence-corrected chi connectivity index (χ4v) is 6.65. The number of hydrogen-bond donors (Lipinski definition) is 2. The van der Waals surface area contributed by atoms with E-state index < -0.39 is 31.9 Å². The van der Waals surface area contributed by atoms with E-state index in [1.165, 1.54) is 8.61 Å². The van der Waals surface area contributed by atoms with Crippen molar-refractivity contribution in [1.82, 2.24) is 8.61 Å². The van der Waals surface area contributed by atoms with Gasteiger partial charge in [-0.3, -0.25) is 9.59 Å². The maximum absolute atomic E-state index is 12.3. The molecule has 3 rings (SSSR count). The lowest BCUT2D eigenvalue weighted by molar-refractivity contribution is -0.142. The second kappa shape index (κ2) is 13.4. The van der Waals surface area contributed by atoms with Crippen LogP contribution in [0.1, 0.15) is 39.5 Å². The monoisotopic (exact) mass is 585 g/mol. The lowest BCUT2D eigenvalue weighted by atomic mass is 9.99. The fraction of sp³-hybridized carbons (Fsp3) is 0.636. The first-order chi connectivity index (χ1) is 16.8. The van der Waals surface area contributed by atoms with Crippen LogP contribution in [0.25, 0.3) is 0 Å². The fourth-order valence-electron chi connectivity index (χ4n) is 3.99. The van der Waals surface area contributed by atoms with Crippen LogP contribution in [0, 0.1) is 11.8 Å². The van der Waals surface area contributed by atoms with E-state index in [1.54, 1.807) is 32.0 Å². The number of piperidine rings is 2. The topological polar surface area (TPSA) is 141 Å². The van der Waals surface area contributed by atoms with Gasteiger partial charge in [-0.05, 0) is 57.7 Å². The molecule has 2 N–H and O–H groups in total. The second-order valence-corrected chi connectivity index (χ2v) is 14.0. The largest absolute Gasteiger partial charge is 0.481 e. The van der Waals surface area contributed by atoms with Crippen molar-refractivity contribution < 1.29 is 31.5 Å². The molecule has 10 nitrogen and oxygen atoms in total. The van der Waals surface area contributed by atoms with Gasteiger partial charge in [0.1, 0.15) is 0 Å². The molecule has 0 aromatic heterocycles. The highest BCUT2D eigenvalue weighted by Crippen LogP contribution is 2.26. The van der Waals surface area contributed by atoms with Crippen LogP contribution in [0.2, 0.25) is 10.0 Å². The molecule has 2 aliphatic rings. The van der Waals surface area contributed by atoms with Gasteiger partial charge in [-0.15, -0.1) is 0 Å². The Morgan fingerprint density at radius 3 is 1.89 bits per heavy atom. The number of carbonyl (C=O) groups is 2. The average Bonchev–Trinajstić information content (AvgIpc) is 2.86. The summed E-state index contributed by atoms with van der Waals surface area (Å²) in [6.45, 7) is 4.47. The standard InChI is InChI=1S/C14H18Cl2N2O3S.C8H15NO4S/c1-2-22(20,21)18-7-3-4-10(9-18)14(19)17-11-5-6-12(15)13(16)8-11;1-2-14(12,13)9-5-3-4-7(6-9)8(10)11/h5-6,8,10H,2-4,7,9H2,1H3,(H,17,19);7H,2-6H2,1H3,(H,10,11)/t10-;7-/m00/s1. The predicted octanol–water partition coefficient (Wildman–Crippen LogP) is 3.13. The summed E-state index contributed by atoms with van der Waals surface area (Å²) in [5, 5.41) is 12.3. The molecule has 0 radical (unpaired) electrons. The summed E-state index contributed by atoms with van der Waals surface area (Å²) < 4.78 is 49.4. The molecule has 0 spiro atoms. The van der Waals surface area contributed by atoms with Crippen LogP contribution in [0.4, 0.5) is 5.69 Å². The molecular formula is C22H33Cl2N3O7S2. The smallest absolute Gasteiger partial charge is 0.307 e. The lowest BCUT2D eigenvalue weighted by Crippen LogP contribution is -2.44.